The number of hydrogen-bond donors (Lipinski definition) is 0. The maximum absolute atomic E-state index is 11.8. The van der Waals surface area contributed by atoms with E-state index in [1.54, 1.807) is 27.7 Å². The number of ether oxygens (including phenoxy) is 2. The van der Waals surface area contributed by atoms with E-state index in [1.165, 1.54) is 0 Å². The number of imide groups is 2. The molecule has 1 aliphatic rings. The van der Waals surface area contributed by atoms with E-state index in [-0.39, 0.29) is 25.3 Å². The van der Waals surface area contributed by atoms with Gasteiger partial charge >= 0.3 is 18.2 Å². The summed E-state index contributed by atoms with van der Waals surface area (Å²) in [7, 11) is 0. The molecule has 0 atom stereocenters. The molecular formula is C11H18N2O5. The summed E-state index contributed by atoms with van der Waals surface area (Å²) < 4.78 is 9.80. The standard InChI is InChI=1S/C11H18N2O5/c1-7(2)17-10(15)12-5-6-13(9(12)14)11(16)18-8(3)4/h7-8H,5-6H2,1-4H3. The van der Waals surface area contributed by atoms with Crippen molar-refractivity contribution in [2.75, 3.05) is 13.1 Å². The van der Waals surface area contributed by atoms with Crippen LogP contribution in [0.5, 0.6) is 0 Å². The fourth-order valence-corrected chi connectivity index (χ4v) is 1.41. The molecule has 0 bridgehead atoms. The third kappa shape index (κ3) is 3.35. The number of amides is 4. The Morgan fingerprint density at radius 2 is 1.28 bits per heavy atom. The second-order valence-corrected chi connectivity index (χ2v) is 4.45. The number of nitrogens with zero attached hydrogens (tertiary/aromatic N) is 2. The molecule has 1 fully saturated rings. The van der Waals surface area contributed by atoms with Crippen LogP contribution in [0.25, 0.3) is 0 Å². The summed E-state index contributed by atoms with van der Waals surface area (Å²) >= 11 is 0. The number of hydrogen-bond acceptors (Lipinski definition) is 5. The van der Waals surface area contributed by atoms with Gasteiger partial charge in [-0.05, 0) is 27.7 Å². The van der Waals surface area contributed by atoms with Gasteiger partial charge in [0.15, 0.2) is 0 Å². The van der Waals surface area contributed by atoms with Crippen molar-refractivity contribution in [1.82, 2.24) is 9.80 Å². The Morgan fingerprint density at radius 3 is 1.56 bits per heavy atom. The van der Waals surface area contributed by atoms with Crippen molar-refractivity contribution < 1.29 is 23.9 Å². The van der Waals surface area contributed by atoms with Gasteiger partial charge in [-0.1, -0.05) is 0 Å². The van der Waals surface area contributed by atoms with Gasteiger partial charge < -0.3 is 9.47 Å². The SMILES string of the molecule is CC(C)OC(=O)N1CCN(C(=O)OC(C)C)C1=O. The molecule has 1 saturated heterocycles. The van der Waals surface area contributed by atoms with Gasteiger partial charge in [0, 0.05) is 0 Å². The van der Waals surface area contributed by atoms with Crippen LogP contribution in [0, 0.1) is 0 Å². The Kier molecular flexibility index (Phi) is 4.52. The van der Waals surface area contributed by atoms with E-state index in [1.807, 2.05) is 0 Å². The van der Waals surface area contributed by atoms with E-state index in [2.05, 4.69) is 0 Å². The first-order valence-electron chi connectivity index (χ1n) is 5.83. The predicted molar refractivity (Wildman–Crippen MR) is 62.0 cm³/mol. The lowest BCUT2D eigenvalue weighted by atomic mass is 10.5. The zero-order valence-corrected chi connectivity index (χ0v) is 11.0. The van der Waals surface area contributed by atoms with E-state index < -0.39 is 18.2 Å². The van der Waals surface area contributed by atoms with Crippen molar-refractivity contribution in [3.05, 3.63) is 0 Å². The van der Waals surface area contributed by atoms with Crippen molar-refractivity contribution >= 4 is 18.2 Å². The number of carbonyl (C=O) groups excluding carboxylic acids is 3. The molecule has 7 heteroatoms. The monoisotopic (exact) mass is 258 g/mol. The van der Waals surface area contributed by atoms with Gasteiger partial charge in [-0.25, -0.2) is 24.2 Å². The molecule has 0 N–H and O–H groups in total. The highest BCUT2D eigenvalue weighted by Gasteiger charge is 2.39. The van der Waals surface area contributed by atoms with Crippen LogP contribution in [0.2, 0.25) is 0 Å². The number of rotatable bonds is 2. The van der Waals surface area contributed by atoms with E-state index in [4.69, 9.17) is 9.47 Å². The molecule has 1 rings (SSSR count). The van der Waals surface area contributed by atoms with Gasteiger partial charge in [0.05, 0.1) is 25.3 Å². The van der Waals surface area contributed by atoms with Crippen LogP contribution < -0.4 is 0 Å². The minimum Gasteiger partial charge on any atom is -0.446 e. The Labute approximate surface area is 106 Å². The second kappa shape index (κ2) is 5.70. The summed E-state index contributed by atoms with van der Waals surface area (Å²) in [5, 5.41) is 0. The van der Waals surface area contributed by atoms with Crippen LogP contribution in [-0.4, -0.2) is 53.3 Å². The molecule has 7 nitrogen and oxygen atoms in total. The molecule has 0 aliphatic carbocycles. The van der Waals surface area contributed by atoms with Crippen LogP contribution in [0.4, 0.5) is 14.4 Å². The summed E-state index contributed by atoms with van der Waals surface area (Å²) in [6, 6.07) is -0.702. The molecule has 1 heterocycles. The smallest absolute Gasteiger partial charge is 0.418 e. The zero-order chi connectivity index (χ0) is 13.9. The van der Waals surface area contributed by atoms with Gasteiger partial charge in [-0.15, -0.1) is 0 Å². The lowest BCUT2D eigenvalue weighted by molar-refractivity contribution is 0.0823. The summed E-state index contributed by atoms with van der Waals surface area (Å²) in [6.45, 7) is 6.98. The predicted octanol–water partition coefficient (Wildman–Crippen LogP) is 1.81. The van der Waals surface area contributed by atoms with Gasteiger partial charge in [0.1, 0.15) is 0 Å². The molecule has 0 radical (unpaired) electrons. The first kappa shape index (κ1) is 14.3. The molecule has 102 valence electrons. The first-order chi connectivity index (χ1) is 8.32. The highest BCUT2D eigenvalue weighted by atomic mass is 16.6. The molecule has 0 aromatic carbocycles. The lowest BCUT2D eigenvalue weighted by Gasteiger charge is -2.18. The van der Waals surface area contributed by atoms with Crippen LogP contribution >= 0.6 is 0 Å². The fourth-order valence-electron chi connectivity index (χ4n) is 1.41. The van der Waals surface area contributed by atoms with Crippen LogP contribution in [0.15, 0.2) is 0 Å². The summed E-state index contributed by atoms with van der Waals surface area (Å²) in [4.78, 5) is 36.7. The van der Waals surface area contributed by atoms with E-state index in [0.717, 1.165) is 9.80 Å². The maximum atomic E-state index is 11.8. The van der Waals surface area contributed by atoms with Crippen molar-refractivity contribution in [3.63, 3.8) is 0 Å². The molecule has 0 aromatic rings. The Morgan fingerprint density at radius 1 is 0.944 bits per heavy atom. The van der Waals surface area contributed by atoms with E-state index >= 15 is 0 Å². The molecular weight excluding hydrogens is 240 g/mol. The quantitative estimate of drug-likeness (QED) is 0.755. The summed E-state index contributed by atoms with van der Waals surface area (Å²) in [5.74, 6) is 0. The summed E-state index contributed by atoms with van der Waals surface area (Å²) in [6.07, 6.45) is -2.12. The van der Waals surface area contributed by atoms with Gasteiger partial charge in [0.2, 0.25) is 0 Å². The molecule has 18 heavy (non-hydrogen) atoms. The molecule has 1 aliphatic heterocycles. The average molecular weight is 258 g/mol. The third-order valence-corrected chi connectivity index (χ3v) is 2.12. The topological polar surface area (TPSA) is 76.2 Å². The van der Waals surface area contributed by atoms with E-state index in [9.17, 15) is 14.4 Å². The normalized spacial score (nSPS) is 15.6. The van der Waals surface area contributed by atoms with Crippen molar-refractivity contribution in [1.29, 1.82) is 0 Å². The van der Waals surface area contributed by atoms with Crippen molar-refractivity contribution in [3.8, 4) is 0 Å². The zero-order valence-electron chi connectivity index (χ0n) is 11.0. The molecule has 4 amide bonds. The van der Waals surface area contributed by atoms with Crippen LogP contribution in [0.3, 0.4) is 0 Å². The Hall–Kier alpha value is -1.79. The second-order valence-electron chi connectivity index (χ2n) is 4.45. The fraction of sp³-hybridized carbons (Fsp3) is 0.727. The lowest BCUT2D eigenvalue weighted by Crippen LogP contribution is -2.40. The first-order valence-corrected chi connectivity index (χ1v) is 5.83. The minimum atomic E-state index is -0.741. The van der Waals surface area contributed by atoms with Crippen LogP contribution in [0.1, 0.15) is 27.7 Å². The average Bonchev–Trinajstić information content (AvgIpc) is 2.57. The number of urea groups is 1. The van der Waals surface area contributed by atoms with Crippen molar-refractivity contribution in [2.45, 2.75) is 39.9 Å². The molecule has 0 unspecified atom stereocenters. The van der Waals surface area contributed by atoms with E-state index in [0.29, 0.717) is 0 Å². The van der Waals surface area contributed by atoms with Gasteiger partial charge in [0.25, 0.3) is 0 Å². The van der Waals surface area contributed by atoms with Gasteiger partial charge in [-0.3, -0.25) is 0 Å². The molecule has 0 saturated carbocycles. The number of carbonyl (C=O) groups is 3. The minimum absolute atomic E-state index is 0.123. The van der Waals surface area contributed by atoms with Crippen LogP contribution in [-0.2, 0) is 9.47 Å². The molecule has 0 spiro atoms. The Bertz CT molecular complexity index is 321. The largest absolute Gasteiger partial charge is 0.446 e. The van der Waals surface area contributed by atoms with Crippen molar-refractivity contribution in [2.24, 2.45) is 0 Å². The highest BCUT2D eigenvalue weighted by Crippen LogP contribution is 2.13. The maximum Gasteiger partial charge on any atom is 0.418 e. The van der Waals surface area contributed by atoms with Gasteiger partial charge in [-0.2, -0.15) is 0 Å². The highest BCUT2D eigenvalue weighted by molar-refractivity contribution is 6.00. The molecule has 0 aromatic heterocycles. The third-order valence-electron chi connectivity index (χ3n) is 2.12. The Balaban J connectivity index is 2.62. The summed E-state index contributed by atoms with van der Waals surface area (Å²) in [5.41, 5.74) is 0.